The van der Waals surface area contributed by atoms with Gasteiger partial charge >= 0.3 is 0 Å². The van der Waals surface area contributed by atoms with Gasteiger partial charge in [-0.05, 0) is 30.7 Å². The first kappa shape index (κ1) is 17.6. The second kappa shape index (κ2) is 7.76. The first-order chi connectivity index (χ1) is 11.6. The molecule has 3 rings (SSSR count). The van der Waals surface area contributed by atoms with Gasteiger partial charge in [0.25, 0.3) is 5.91 Å². The zero-order valence-electron chi connectivity index (χ0n) is 13.6. The van der Waals surface area contributed by atoms with Crippen LogP contribution in [0.15, 0.2) is 24.3 Å². The van der Waals surface area contributed by atoms with Crippen LogP contribution in [0.2, 0.25) is 5.02 Å². The summed E-state index contributed by atoms with van der Waals surface area (Å²) in [4.78, 5) is 29.5. The molecule has 5 nitrogen and oxygen atoms in total. The molecule has 7 heteroatoms. The standard InChI is InChI=1S/C17H21ClN2O3S/c1-2-15-20(16(21)12-3-5-13(18)6-4-12)14(11-24-15)17(22)19-7-9-23-10-8-19/h3-6,14-15H,2,7-11H2,1H3/t14-,15+/m1/s1. The highest BCUT2D eigenvalue weighted by Crippen LogP contribution is 2.33. The molecular formula is C17H21ClN2O3S. The van der Waals surface area contributed by atoms with E-state index in [4.69, 9.17) is 16.3 Å². The molecule has 0 aliphatic carbocycles. The maximum Gasteiger partial charge on any atom is 0.255 e. The predicted octanol–water partition coefficient (Wildman–Crippen LogP) is 2.49. The van der Waals surface area contributed by atoms with Gasteiger partial charge in [0, 0.05) is 29.4 Å². The van der Waals surface area contributed by atoms with Gasteiger partial charge in [-0.2, -0.15) is 0 Å². The van der Waals surface area contributed by atoms with E-state index in [0.717, 1.165) is 6.42 Å². The summed E-state index contributed by atoms with van der Waals surface area (Å²) in [7, 11) is 0. The molecule has 0 radical (unpaired) electrons. The predicted molar refractivity (Wildman–Crippen MR) is 95.3 cm³/mol. The Labute approximate surface area is 151 Å². The van der Waals surface area contributed by atoms with Crippen molar-refractivity contribution in [3.05, 3.63) is 34.9 Å². The lowest BCUT2D eigenvalue weighted by molar-refractivity contribution is -0.139. The van der Waals surface area contributed by atoms with Gasteiger partial charge in [-0.1, -0.05) is 18.5 Å². The van der Waals surface area contributed by atoms with Crippen LogP contribution in [0.4, 0.5) is 0 Å². The highest BCUT2D eigenvalue weighted by atomic mass is 35.5. The Morgan fingerprint density at radius 2 is 1.92 bits per heavy atom. The molecule has 0 spiro atoms. The summed E-state index contributed by atoms with van der Waals surface area (Å²) in [6.07, 6.45) is 0.816. The van der Waals surface area contributed by atoms with Crippen LogP contribution in [0.3, 0.4) is 0 Å². The second-order valence-electron chi connectivity index (χ2n) is 5.87. The van der Waals surface area contributed by atoms with E-state index >= 15 is 0 Å². The molecule has 0 bridgehead atoms. The second-order valence-corrected chi connectivity index (χ2v) is 7.52. The third-order valence-corrected chi connectivity index (χ3v) is 6.08. The SMILES string of the molecule is CC[C@@H]1SC[C@H](C(=O)N2CCOCC2)N1C(=O)c1ccc(Cl)cc1. The molecule has 2 aliphatic heterocycles. The Morgan fingerprint density at radius 3 is 2.54 bits per heavy atom. The van der Waals surface area contributed by atoms with Crippen LogP contribution in [0, 0.1) is 0 Å². The Bertz CT molecular complexity index is 604. The molecule has 2 amide bonds. The first-order valence-corrected chi connectivity index (χ1v) is 9.61. The van der Waals surface area contributed by atoms with Gasteiger partial charge in [-0.25, -0.2) is 0 Å². The van der Waals surface area contributed by atoms with Gasteiger partial charge in [-0.3, -0.25) is 9.59 Å². The van der Waals surface area contributed by atoms with Crippen molar-refractivity contribution in [1.82, 2.24) is 9.80 Å². The summed E-state index contributed by atoms with van der Waals surface area (Å²) in [6, 6.07) is 6.45. The fourth-order valence-corrected chi connectivity index (χ4v) is 4.55. The number of morpholine rings is 1. The number of ether oxygens (including phenoxy) is 1. The number of hydrogen-bond donors (Lipinski definition) is 0. The van der Waals surface area contributed by atoms with E-state index in [1.807, 2.05) is 11.8 Å². The molecule has 2 heterocycles. The number of nitrogens with zero attached hydrogens (tertiary/aromatic N) is 2. The highest BCUT2D eigenvalue weighted by molar-refractivity contribution is 8.00. The van der Waals surface area contributed by atoms with Crippen LogP contribution in [0.25, 0.3) is 0 Å². The minimum atomic E-state index is -0.402. The molecule has 0 saturated carbocycles. The average molecular weight is 369 g/mol. The quantitative estimate of drug-likeness (QED) is 0.822. The minimum Gasteiger partial charge on any atom is -0.378 e. The summed E-state index contributed by atoms with van der Waals surface area (Å²) < 4.78 is 5.32. The lowest BCUT2D eigenvalue weighted by Crippen LogP contribution is -2.53. The number of halogens is 1. The molecule has 2 aliphatic rings. The number of carbonyl (C=O) groups excluding carboxylic acids is 2. The summed E-state index contributed by atoms with van der Waals surface area (Å²) in [6.45, 7) is 4.36. The molecule has 2 fully saturated rings. The van der Waals surface area contributed by atoms with E-state index < -0.39 is 6.04 Å². The lowest BCUT2D eigenvalue weighted by atomic mass is 10.1. The van der Waals surface area contributed by atoms with Crippen molar-refractivity contribution in [1.29, 1.82) is 0 Å². The van der Waals surface area contributed by atoms with Gasteiger partial charge in [0.1, 0.15) is 6.04 Å². The highest BCUT2D eigenvalue weighted by Gasteiger charge is 2.42. The molecule has 0 N–H and O–H groups in total. The summed E-state index contributed by atoms with van der Waals surface area (Å²) in [5.74, 6) is 0.577. The smallest absolute Gasteiger partial charge is 0.255 e. The minimum absolute atomic E-state index is 0.0307. The molecule has 2 saturated heterocycles. The zero-order chi connectivity index (χ0) is 17.1. The van der Waals surface area contributed by atoms with Gasteiger partial charge in [-0.15, -0.1) is 11.8 Å². The number of carbonyl (C=O) groups is 2. The topological polar surface area (TPSA) is 49.9 Å². The van der Waals surface area contributed by atoms with Crippen molar-refractivity contribution in [2.45, 2.75) is 24.8 Å². The number of hydrogen-bond acceptors (Lipinski definition) is 4. The first-order valence-electron chi connectivity index (χ1n) is 8.18. The fourth-order valence-electron chi connectivity index (χ4n) is 3.08. The third-order valence-electron chi connectivity index (χ3n) is 4.38. The van der Waals surface area contributed by atoms with E-state index in [1.165, 1.54) is 0 Å². The summed E-state index contributed by atoms with van der Waals surface area (Å²) in [5, 5.41) is 0.624. The van der Waals surface area contributed by atoms with Gasteiger partial charge in [0.2, 0.25) is 5.91 Å². The Hall–Kier alpha value is -1.24. The number of rotatable bonds is 3. The molecule has 0 aromatic heterocycles. The third kappa shape index (κ3) is 3.55. The van der Waals surface area contributed by atoms with E-state index in [-0.39, 0.29) is 17.2 Å². The molecule has 0 unspecified atom stereocenters. The van der Waals surface area contributed by atoms with Crippen molar-refractivity contribution in [3.63, 3.8) is 0 Å². The van der Waals surface area contributed by atoms with E-state index in [1.54, 1.807) is 40.9 Å². The van der Waals surface area contributed by atoms with E-state index in [9.17, 15) is 9.59 Å². The number of amides is 2. The Balaban J connectivity index is 1.81. The van der Waals surface area contributed by atoms with E-state index in [2.05, 4.69) is 0 Å². The average Bonchev–Trinajstić information content (AvgIpc) is 3.06. The van der Waals surface area contributed by atoms with Crippen LogP contribution < -0.4 is 0 Å². The van der Waals surface area contributed by atoms with Crippen molar-refractivity contribution in [3.8, 4) is 0 Å². The van der Waals surface area contributed by atoms with Crippen molar-refractivity contribution < 1.29 is 14.3 Å². The molecule has 1 aromatic carbocycles. The summed E-state index contributed by atoms with van der Waals surface area (Å²) in [5.41, 5.74) is 0.570. The number of thioether (sulfide) groups is 1. The molecular weight excluding hydrogens is 348 g/mol. The van der Waals surface area contributed by atoms with Crippen LogP contribution in [-0.2, 0) is 9.53 Å². The van der Waals surface area contributed by atoms with Crippen LogP contribution in [-0.4, -0.2) is 65.1 Å². The van der Waals surface area contributed by atoms with E-state index in [0.29, 0.717) is 42.6 Å². The van der Waals surface area contributed by atoms with Crippen LogP contribution in [0.5, 0.6) is 0 Å². The van der Waals surface area contributed by atoms with Gasteiger partial charge < -0.3 is 14.5 Å². The largest absolute Gasteiger partial charge is 0.378 e. The lowest BCUT2D eigenvalue weighted by Gasteiger charge is -2.34. The molecule has 24 heavy (non-hydrogen) atoms. The summed E-state index contributed by atoms with van der Waals surface area (Å²) >= 11 is 7.59. The fraction of sp³-hybridized carbons (Fsp3) is 0.529. The van der Waals surface area contributed by atoms with Crippen LogP contribution >= 0.6 is 23.4 Å². The van der Waals surface area contributed by atoms with Crippen molar-refractivity contribution in [2.75, 3.05) is 32.1 Å². The van der Waals surface area contributed by atoms with Gasteiger partial charge in [0.15, 0.2) is 0 Å². The van der Waals surface area contributed by atoms with Gasteiger partial charge in [0.05, 0.1) is 18.6 Å². The number of benzene rings is 1. The zero-order valence-corrected chi connectivity index (χ0v) is 15.2. The van der Waals surface area contributed by atoms with Crippen molar-refractivity contribution >= 4 is 35.2 Å². The normalized spacial score (nSPS) is 24.2. The van der Waals surface area contributed by atoms with Crippen LogP contribution in [0.1, 0.15) is 23.7 Å². The maximum atomic E-state index is 13.0. The monoisotopic (exact) mass is 368 g/mol. The van der Waals surface area contributed by atoms with Crippen molar-refractivity contribution in [2.24, 2.45) is 0 Å². The molecule has 1 aromatic rings. The molecule has 2 atom stereocenters. The molecule has 130 valence electrons. The Morgan fingerprint density at radius 1 is 1.25 bits per heavy atom. The Kier molecular flexibility index (Phi) is 5.69. The maximum absolute atomic E-state index is 13.0.